The first-order valence-electron chi connectivity index (χ1n) is 8.43. The highest BCUT2D eigenvalue weighted by Gasteiger charge is 2.04. The molecule has 0 nitrogen and oxygen atoms in total. The fraction of sp³-hybridized carbons (Fsp3) is 0.700. The van der Waals surface area contributed by atoms with Gasteiger partial charge in [-0.05, 0) is 46.0 Å². The monoisotopic (exact) mass is 278 g/mol. The molecule has 0 aromatic rings. The van der Waals surface area contributed by atoms with Gasteiger partial charge in [-0.3, -0.25) is 0 Å². The summed E-state index contributed by atoms with van der Waals surface area (Å²) < 4.78 is 0. The third kappa shape index (κ3) is 19.6. The summed E-state index contributed by atoms with van der Waals surface area (Å²) in [5.41, 5.74) is 1.59. The summed E-state index contributed by atoms with van der Waals surface area (Å²) in [6.07, 6.45) is 19.0. The second-order valence-corrected chi connectivity index (χ2v) is 5.82. The molecule has 0 aromatic heterocycles. The molecule has 0 N–H and O–H groups in total. The van der Waals surface area contributed by atoms with E-state index in [1.807, 2.05) is 13.8 Å². The van der Waals surface area contributed by atoms with Crippen LogP contribution in [0.3, 0.4) is 0 Å². The predicted molar refractivity (Wildman–Crippen MR) is 96.2 cm³/mol. The highest BCUT2D eigenvalue weighted by molar-refractivity contribution is 5.03. The van der Waals surface area contributed by atoms with Crippen molar-refractivity contribution in [2.75, 3.05) is 0 Å². The first kappa shape index (κ1) is 21.5. The minimum atomic E-state index is 0.851. The van der Waals surface area contributed by atoms with Crippen molar-refractivity contribution in [1.29, 1.82) is 0 Å². The van der Waals surface area contributed by atoms with E-state index in [9.17, 15) is 0 Å². The molecule has 20 heavy (non-hydrogen) atoms. The Kier molecular flexibility index (Phi) is 19.6. The molecule has 0 heterocycles. The van der Waals surface area contributed by atoms with Crippen LogP contribution in [0.2, 0.25) is 0 Å². The standard InChI is InChI=1S/C8H14.C6H12.2C3H6/c1-7-4-3-5-8(2)6-7;1-2-4-6-5-3-1;2*1-3-2/h6-7H,3-5H2,1-2H3;1-6H2;2*3H,1H2,2H3. The van der Waals surface area contributed by atoms with E-state index in [-0.39, 0.29) is 0 Å². The van der Waals surface area contributed by atoms with E-state index in [0.717, 1.165) is 5.92 Å². The first-order chi connectivity index (χ1) is 9.62. The molecule has 2 rings (SSSR count). The summed E-state index contributed by atoms with van der Waals surface area (Å²) in [7, 11) is 0. The highest BCUT2D eigenvalue weighted by Crippen LogP contribution is 2.21. The normalized spacial score (nSPS) is 20.4. The molecular weight excluding hydrogens is 240 g/mol. The summed E-state index contributed by atoms with van der Waals surface area (Å²) in [4.78, 5) is 0. The fourth-order valence-corrected chi connectivity index (χ4v) is 2.42. The average molecular weight is 279 g/mol. The highest BCUT2D eigenvalue weighted by atomic mass is 14.1. The van der Waals surface area contributed by atoms with Crippen molar-refractivity contribution >= 4 is 0 Å². The van der Waals surface area contributed by atoms with Crippen LogP contribution < -0.4 is 0 Å². The summed E-state index contributed by atoms with van der Waals surface area (Å²) in [6.45, 7) is 15.0. The summed E-state index contributed by atoms with van der Waals surface area (Å²) >= 11 is 0. The van der Waals surface area contributed by atoms with Crippen LogP contribution in [0, 0.1) is 5.92 Å². The fourth-order valence-electron chi connectivity index (χ4n) is 2.42. The molecule has 0 saturated heterocycles. The quantitative estimate of drug-likeness (QED) is 0.403. The maximum absolute atomic E-state index is 3.36. The van der Waals surface area contributed by atoms with Gasteiger partial charge in [0.25, 0.3) is 0 Å². The van der Waals surface area contributed by atoms with Crippen molar-refractivity contribution < 1.29 is 0 Å². The Morgan fingerprint density at radius 2 is 1.25 bits per heavy atom. The molecule has 0 bridgehead atoms. The van der Waals surface area contributed by atoms with Crippen molar-refractivity contribution in [3.05, 3.63) is 37.0 Å². The molecule has 0 aromatic carbocycles. The van der Waals surface area contributed by atoms with E-state index >= 15 is 0 Å². The summed E-state index contributed by atoms with van der Waals surface area (Å²) in [6, 6.07) is 0. The topological polar surface area (TPSA) is 0 Å². The van der Waals surface area contributed by atoms with Crippen LogP contribution in [0.5, 0.6) is 0 Å². The number of allylic oxidation sites excluding steroid dienone is 4. The van der Waals surface area contributed by atoms with E-state index in [4.69, 9.17) is 0 Å². The minimum absolute atomic E-state index is 0.851. The van der Waals surface area contributed by atoms with Gasteiger partial charge in [-0.1, -0.05) is 69.2 Å². The second-order valence-electron chi connectivity index (χ2n) is 5.82. The minimum Gasteiger partial charge on any atom is -0.103 e. The van der Waals surface area contributed by atoms with Gasteiger partial charge in [-0.25, -0.2) is 0 Å². The van der Waals surface area contributed by atoms with Gasteiger partial charge in [0.1, 0.15) is 0 Å². The maximum atomic E-state index is 3.36. The molecule has 0 aliphatic heterocycles. The van der Waals surface area contributed by atoms with Crippen LogP contribution in [0.15, 0.2) is 37.0 Å². The van der Waals surface area contributed by atoms with Crippen LogP contribution in [0.25, 0.3) is 0 Å². The lowest BCUT2D eigenvalue weighted by Crippen LogP contribution is -1.97. The molecule has 0 spiro atoms. The lowest BCUT2D eigenvalue weighted by molar-refractivity contribution is 0.504. The summed E-state index contributed by atoms with van der Waals surface area (Å²) in [5, 5.41) is 0. The molecule has 0 radical (unpaired) electrons. The zero-order chi connectivity index (χ0) is 15.6. The Hall–Kier alpha value is -0.780. The summed E-state index contributed by atoms with van der Waals surface area (Å²) in [5.74, 6) is 0.851. The molecule has 1 atom stereocenters. The molecular formula is C20H38. The van der Waals surface area contributed by atoms with Crippen LogP contribution in [0.1, 0.15) is 85.5 Å². The van der Waals surface area contributed by atoms with E-state index in [1.165, 1.54) is 57.8 Å². The molecule has 0 heteroatoms. The maximum Gasteiger partial charge on any atom is -0.0259 e. The Balaban J connectivity index is 0. The Morgan fingerprint density at radius 1 is 0.900 bits per heavy atom. The molecule has 118 valence electrons. The van der Waals surface area contributed by atoms with E-state index < -0.39 is 0 Å². The van der Waals surface area contributed by atoms with Gasteiger partial charge in [0.15, 0.2) is 0 Å². The molecule has 0 amide bonds. The van der Waals surface area contributed by atoms with Crippen molar-refractivity contribution in [2.24, 2.45) is 5.92 Å². The Morgan fingerprint density at radius 3 is 1.45 bits per heavy atom. The van der Waals surface area contributed by atoms with Gasteiger partial charge >= 0.3 is 0 Å². The smallest absolute Gasteiger partial charge is 0.0259 e. The third-order valence-electron chi connectivity index (χ3n) is 3.30. The Bertz CT molecular complexity index is 213. The molecule has 2 aliphatic carbocycles. The van der Waals surface area contributed by atoms with Crippen LogP contribution in [0.4, 0.5) is 0 Å². The number of rotatable bonds is 0. The van der Waals surface area contributed by atoms with E-state index in [1.54, 1.807) is 17.7 Å². The average Bonchev–Trinajstić information content (AvgIpc) is 2.43. The lowest BCUT2D eigenvalue weighted by Gasteiger charge is -2.13. The van der Waals surface area contributed by atoms with Gasteiger partial charge in [0.2, 0.25) is 0 Å². The van der Waals surface area contributed by atoms with Crippen molar-refractivity contribution in [2.45, 2.75) is 85.5 Å². The molecule has 1 saturated carbocycles. The SMILES string of the molecule is C1CCCCC1.C=CC.C=CC.CC1=CC(C)CCC1. The van der Waals surface area contributed by atoms with Gasteiger partial charge in [-0.15, -0.1) is 13.2 Å². The predicted octanol–water partition coefficient (Wildman–Crippen LogP) is 7.48. The largest absolute Gasteiger partial charge is 0.103 e. The van der Waals surface area contributed by atoms with Crippen LogP contribution >= 0.6 is 0 Å². The van der Waals surface area contributed by atoms with Crippen molar-refractivity contribution in [3.8, 4) is 0 Å². The lowest BCUT2D eigenvalue weighted by atomic mass is 9.93. The van der Waals surface area contributed by atoms with Gasteiger partial charge in [0, 0.05) is 0 Å². The molecule has 1 unspecified atom stereocenters. The van der Waals surface area contributed by atoms with Crippen LogP contribution in [-0.4, -0.2) is 0 Å². The second kappa shape index (κ2) is 18.2. The van der Waals surface area contributed by atoms with Crippen molar-refractivity contribution in [1.82, 2.24) is 0 Å². The zero-order valence-electron chi connectivity index (χ0n) is 14.6. The van der Waals surface area contributed by atoms with Gasteiger partial charge in [-0.2, -0.15) is 0 Å². The van der Waals surface area contributed by atoms with Gasteiger partial charge in [0.05, 0.1) is 0 Å². The van der Waals surface area contributed by atoms with Gasteiger partial charge < -0.3 is 0 Å². The molecule has 2 aliphatic rings. The van der Waals surface area contributed by atoms with Crippen molar-refractivity contribution in [3.63, 3.8) is 0 Å². The first-order valence-corrected chi connectivity index (χ1v) is 8.43. The van der Waals surface area contributed by atoms with E-state index in [2.05, 4.69) is 33.1 Å². The zero-order valence-corrected chi connectivity index (χ0v) is 14.6. The number of hydrogen-bond acceptors (Lipinski definition) is 0. The van der Waals surface area contributed by atoms with Crippen LogP contribution in [-0.2, 0) is 0 Å². The third-order valence-corrected chi connectivity index (χ3v) is 3.30. The Labute approximate surface area is 129 Å². The number of hydrogen-bond donors (Lipinski definition) is 0. The molecule has 1 fully saturated rings. The van der Waals surface area contributed by atoms with E-state index in [0.29, 0.717) is 0 Å².